The van der Waals surface area contributed by atoms with E-state index in [1.807, 2.05) is 0 Å². The summed E-state index contributed by atoms with van der Waals surface area (Å²) in [6.45, 7) is 3.84. The number of nitrogens with zero attached hydrogens (tertiary/aromatic N) is 1. The summed E-state index contributed by atoms with van der Waals surface area (Å²) in [5.74, 6) is 3.64. The molecule has 2 nitrogen and oxygen atoms in total. The maximum absolute atomic E-state index is 3.70. The highest BCUT2D eigenvalue weighted by atomic mass is 32.2. The maximum atomic E-state index is 3.70. The van der Waals surface area contributed by atoms with Crippen molar-refractivity contribution >= 4 is 11.8 Å². The zero-order valence-electron chi connectivity index (χ0n) is 8.46. The van der Waals surface area contributed by atoms with E-state index in [4.69, 9.17) is 0 Å². The molecule has 0 aromatic heterocycles. The Kier molecular flexibility index (Phi) is 3.52. The smallest absolute Gasteiger partial charge is 0.0158 e. The fourth-order valence-corrected chi connectivity index (χ4v) is 3.30. The summed E-state index contributed by atoms with van der Waals surface area (Å²) in [6.07, 6.45) is 2.81. The first-order valence-electron chi connectivity index (χ1n) is 5.34. The van der Waals surface area contributed by atoms with Crippen molar-refractivity contribution in [3.63, 3.8) is 0 Å². The van der Waals surface area contributed by atoms with Crippen LogP contribution < -0.4 is 5.32 Å². The van der Waals surface area contributed by atoms with Crippen LogP contribution in [0.4, 0.5) is 0 Å². The summed E-state index contributed by atoms with van der Waals surface area (Å²) < 4.78 is 0. The monoisotopic (exact) mass is 200 g/mol. The molecule has 0 saturated carbocycles. The van der Waals surface area contributed by atoms with E-state index in [9.17, 15) is 0 Å². The molecular weight excluding hydrogens is 180 g/mol. The zero-order chi connectivity index (χ0) is 9.10. The van der Waals surface area contributed by atoms with Gasteiger partial charge in [-0.1, -0.05) is 0 Å². The number of nitrogens with one attached hydrogen (secondary N) is 1. The average Bonchev–Trinajstić information content (AvgIpc) is 2.12. The van der Waals surface area contributed by atoms with Gasteiger partial charge in [0.25, 0.3) is 0 Å². The van der Waals surface area contributed by atoms with Crippen LogP contribution in [0, 0.1) is 5.92 Å². The van der Waals surface area contributed by atoms with E-state index in [2.05, 4.69) is 29.0 Å². The molecule has 0 radical (unpaired) electrons. The first-order valence-corrected chi connectivity index (χ1v) is 6.50. The van der Waals surface area contributed by atoms with Crippen LogP contribution >= 0.6 is 11.8 Å². The van der Waals surface area contributed by atoms with Gasteiger partial charge in [0.15, 0.2) is 0 Å². The third-order valence-corrected chi connectivity index (χ3v) is 4.21. The zero-order valence-corrected chi connectivity index (χ0v) is 9.28. The molecule has 2 rings (SSSR count). The minimum absolute atomic E-state index is 0.810. The molecule has 1 atom stereocenters. The Balaban J connectivity index is 1.56. The molecule has 13 heavy (non-hydrogen) atoms. The Labute approximate surface area is 85.4 Å². The highest BCUT2D eigenvalue weighted by molar-refractivity contribution is 7.99. The first-order chi connectivity index (χ1) is 6.34. The highest BCUT2D eigenvalue weighted by Gasteiger charge is 2.23. The fraction of sp³-hybridized carbons (Fsp3) is 1.00. The molecule has 0 aliphatic carbocycles. The molecule has 0 bridgehead atoms. The van der Waals surface area contributed by atoms with Gasteiger partial charge in [0.1, 0.15) is 0 Å². The summed E-state index contributed by atoms with van der Waals surface area (Å²) in [6, 6.07) is 0.810. The van der Waals surface area contributed by atoms with Crippen molar-refractivity contribution in [2.45, 2.75) is 18.9 Å². The van der Waals surface area contributed by atoms with E-state index in [-0.39, 0.29) is 0 Å². The van der Waals surface area contributed by atoms with Crippen LogP contribution in [0.1, 0.15) is 12.8 Å². The molecule has 2 saturated heterocycles. The molecule has 0 aromatic carbocycles. The molecule has 2 fully saturated rings. The van der Waals surface area contributed by atoms with Crippen LogP contribution in [-0.2, 0) is 0 Å². The summed E-state index contributed by atoms with van der Waals surface area (Å²) in [5, 5.41) is 3.70. The highest BCUT2D eigenvalue weighted by Crippen LogP contribution is 2.18. The predicted molar refractivity (Wildman–Crippen MR) is 59.3 cm³/mol. The lowest BCUT2D eigenvalue weighted by atomic mass is 10.0. The molecule has 2 heterocycles. The Morgan fingerprint density at radius 2 is 2.31 bits per heavy atom. The van der Waals surface area contributed by atoms with Crippen molar-refractivity contribution in [2.24, 2.45) is 5.92 Å². The van der Waals surface area contributed by atoms with Gasteiger partial charge in [-0.05, 0) is 31.6 Å². The first kappa shape index (κ1) is 9.81. The van der Waals surface area contributed by atoms with Gasteiger partial charge >= 0.3 is 0 Å². The molecule has 76 valence electrons. The van der Waals surface area contributed by atoms with Gasteiger partial charge < -0.3 is 10.2 Å². The van der Waals surface area contributed by atoms with Gasteiger partial charge in [-0.15, -0.1) is 0 Å². The summed E-state index contributed by atoms with van der Waals surface area (Å²) in [4.78, 5) is 2.39. The molecule has 1 unspecified atom stereocenters. The van der Waals surface area contributed by atoms with E-state index < -0.39 is 0 Å². The Bertz CT molecular complexity index is 151. The molecule has 0 amide bonds. The lowest BCUT2D eigenvalue weighted by Gasteiger charge is -2.37. The van der Waals surface area contributed by atoms with Gasteiger partial charge in [-0.2, -0.15) is 11.8 Å². The van der Waals surface area contributed by atoms with E-state index in [0.717, 1.165) is 12.0 Å². The minimum atomic E-state index is 0.810. The summed E-state index contributed by atoms with van der Waals surface area (Å²) in [5.41, 5.74) is 0. The number of thioether (sulfide) groups is 1. The van der Waals surface area contributed by atoms with Crippen molar-refractivity contribution in [2.75, 3.05) is 38.2 Å². The molecule has 0 spiro atoms. The van der Waals surface area contributed by atoms with Gasteiger partial charge in [-0.25, -0.2) is 0 Å². The maximum Gasteiger partial charge on any atom is 0.0158 e. The Hall–Kier alpha value is 0.270. The minimum Gasteiger partial charge on any atom is -0.313 e. The predicted octanol–water partition coefficient (Wildman–Crippen LogP) is 1.03. The third-order valence-electron chi connectivity index (χ3n) is 3.00. The van der Waals surface area contributed by atoms with E-state index in [1.165, 1.54) is 44.0 Å². The second kappa shape index (κ2) is 4.67. The summed E-state index contributed by atoms with van der Waals surface area (Å²) >= 11 is 2.11. The van der Waals surface area contributed by atoms with Crippen LogP contribution in [0.15, 0.2) is 0 Å². The van der Waals surface area contributed by atoms with Crippen molar-refractivity contribution < 1.29 is 0 Å². The number of hydrogen-bond donors (Lipinski definition) is 1. The second-order valence-corrected chi connectivity index (χ2v) is 5.56. The third kappa shape index (κ3) is 2.86. The molecule has 3 heteroatoms. The standard InChI is InChI=1S/C10H20N2S/c1-12-6-9(7-12)5-11-10-3-2-4-13-8-10/h9-11H,2-8H2,1H3. The lowest BCUT2D eigenvalue weighted by Crippen LogP contribution is -2.50. The topological polar surface area (TPSA) is 15.3 Å². The van der Waals surface area contributed by atoms with Crippen LogP contribution in [0.3, 0.4) is 0 Å². The quantitative estimate of drug-likeness (QED) is 0.732. The molecular formula is C10H20N2S. The normalized spacial score (nSPS) is 31.6. The van der Waals surface area contributed by atoms with Crippen LogP contribution in [0.2, 0.25) is 0 Å². The van der Waals surface area contributed by atoms with Crippen molar-refractivity contribution in [3.8, 4) is 0 Å². The second-order valence-electron chi connectivity index (χ2n) is 4.41. The van der Waals surface area contributed by atoms with Crippen LogP contribution in [-0.4, -0.2) is 49.1 Å². The van der Waals surface area contributed by atoms with Crippen molar-refractivity contribution in [3.05, 3.63) is 0 Å². The van der Waals surface area contributed by atoms with Crippen molar-refractivity contribution in [1.29, 1.82) is 0 Å². The number of likely N-dealkylation sites (tertiary alicyclic amines) is 1. The van der Waals surface area contributed by atoms with Crippen LogP contribution in [0.5, 0.6) is 0 Å². The van der Waals surface area contributed by atoms with E-state index >= 15 is 0 Å². The average molecular weight is 200 g/mol. The molecule has 2 aliphatic heterocycles. The van der Waals surface area contributed by atoms with E-state index in [1.54, 1.807) is 0 Å². The molecule has 0 aromatic rings. The van der Waals surface area contributed by atoms with Crippen LogP contribution in [0.25, 0.3) is 0 Å². The Morgan fingerprint density at radius 3 is 2.92 bits per heavy atom. The van der Waals surface area contributed by atoms with Gasteiger partial charge in [-0.3, -0.25) is 0 Å². The summed E-state index contributed by atoms with van der Waals surface area (Å²) in [7, 11) is 2.20. The van der Waals surface area contributed by atoms with Gasteiger partial charge in [0, 0.05) is 31.4 Å². The molecule has 1 N–H and O–H groups in total. The van der Waals surface area contributed by atoms with Crippen molar-refractivity contribution in [1.82, 2.24) is 10.2 Å². The molecule has 2 aliphatic rings. The lowest BCUT2D eigenvalue weighted by molar-refractivity contribution is 0.130. The van der Waals surface area contributed by atoms with E-state index in [0.29, 0.717) is 0 Å². The SMILES string of the molecule is CN1CC(CNC2CCCSC2)C1. The number of rotatable bonds is 3. The number of hydrogen-bond acceptors (Lipinski definition) is 3. The fourth-order valence-electron chi connectivity index (χ4n) is 2.19. The van der Waals surface area contributed by atoms with Gasteiger partial charge in [0.05, 0.1) is 0 Å². The van der Waals surface area contributed by atoms with Gasteiger partial charge in [0.2, 0.25) is 0 Å². The largest absolute Gasteiger partial charge is 0.313 e. The Morgan fingerprint density at radius 1 is 1.46 bits per heavy atom.